The van der Waals surface area contributed by atoms with Crippen molar-refractivity contribution in [3.8, 4) is 5.69 Å². The van der Waals surface area contributed by atoms with Gasteiger partial charge in [0, 0.05) is 6.54 Å². The number of benzene rings is 1. The van der Waals surface area contributed by atoms with E-state index in [4.69, 9.17) is 5.73 Å². The molecule has 16 heavy (non-hydrogen) atoms. The Morgan fingerprint density at radius 2 is 2.19 bits per heavy atom. The van der Waals surface area contributed by atoms with E-state index >= 15 is 0 Å². The van der Waals surface area contributed by atoms with Crippen molar-refractivity contribution in [2.24, 2.45) is 5.73 Å². The summed E-state index contributed by atoms with van der Waals surface area (Å²) < 4.78 is 1.79. The fourth-order valence-electron chi connectivity index (χ4n) is 1.74. The van der Waals surface area contributed by atoms with Gasteiger partial charge in [-0.05, 0) is 23.1 Å². The second-order valence-corrected chi connectivity index (χ2v) is 4.10. The number of hydrogen-bond donors (Lipinski definition) is 1. The van der Waals surface area contributed by atoms with Crippen LogP contribution in [0.3, 0.4) is 0 Å². The Balaban J connectivity index is 2.55. The third-order valence-electron chi connectivity index (χ3n) is 2.62. The minimum Gasteiger partial charge on any atom is -0.326 e. The topological polar surface area (TPSA) is 56.7 Å². The van der Waals surface area contributed by atoms with E-state index in [9.17, 15) is 0 Å². The summed E-state index contributed by atoms with van der Waals surface area (Å²) in [6, 6.07) is 6.25. The minimum absolute atomic E-state index is 0.450. The summed E-state index contributed by atoms with van der Waals surface area (Å²) >= 11 is 0. The Labute approximate surface area is 95.1 Å². The second-order valence-electron chi connectivity index (χ2n) is 4.10. The number of hydrogen-bond acceptors (Lipinski definition) is 3. The standard InChI is InChI=1S/C12H16N4/c1-9(2)11-4-3-10(8-13)7-12(11)16-6-5-14-15-16/h3-7,9H,8,13H2,1-2H3. The highest BCUT2D eigenvalue weighted by Gasteiger charge is 2.09. The minimum atomic E-state index is 0.450. The maximum absolute atomic E-state index is 5.65. The van der Waals surface area contributed by atoms with Crippen molar-refractivity contribution in [2.75, 3.05) is 0 Å². The van der Waals surface area contributed by atoms with Crippen molar-refractivity contribution in [1.29, 1.82) is 0 Å². The van der Waals surface area contributed by atoms with Crippen molar-refractivity contribution < 1.29 is 0 Å². The average molecular weight is 216 g/mol. The maximum atomic E-state index is 5.65. The van der Waals surface area contributed by atoms with Crippen LogP contribution in [-0.2, 0) is 6.54 Å². The molecular weight excluding hydrogens is 200 g/mol. The van der Waals surface area contributed by atoms with Crippen LogP contribution in [0.2, 0.25) is 0 Å². The largest absolute Gasteiger partial charge is 0.326 e. The lowest BCUT2D eigenvalue weighted by Crippen LogP contribution is -2.05. The SMILES string of the molecule is CC(C)c1ccc(CN)cc1-n1ccnn1. The summed E-state index contributed by atoms with van der Waals surface area (Å²) in [4.78, 5) is 0. The summed E-state index contributed by atoms with van der Waals surface area (Å²) in [5.41, 5.74) is 9.08. The van der Waals surface area contributed by atoms with Crippen LogP contribution in [0.5, 0.6) is 0 Å². The van der Waals surface area contributed by atoms with Crippen LogP contribution in [-0.4, -0.2) is 15.0 Å². The monoisotopic (exact) mass is 216 g/mol. The van der Waals surface area contributed by atoms with Gasteiger partial charge < -0.3 is 5.73 Å². The van der Waals surface area contributed by atoms with E-state index in [1.54, 1.807) is 10.9 Å². The summed E-state index contributed by atoms with van der Waals surface area (Å²) in [7, 11) is 0. The first kappa shape index (κ1) is 10.8. The number of aromatic nitrogens is 3. The molecule has 0 saturated heterocycles. The number of nitrogens with two attached hydrogens (primary N) is 1. The first-order chi connectivity index (χ1) is 7.72. The van der Waals surface area contributed by atoms with Gasteiger partial charge in [-0.2, -0.15) is 0 Å². The van der Waals surface area contributed by atoms with Gasteiger partial charge in [0.15, 0.2) is 0 Å². The van der Waals surface area contributed by atoms with E-state index < -0.39 is 0 Å². The molecule has 0 fully saturated rings. The van der Waals surface area contributed by atoms with Crippen LogP contribution in [0.1, 0.15) is 30.9 Å². The number of nitrogens with zero attached hydrogens (tertiary/aromatic N) is 3. The van der Waals surface area contributed by atoms with Crippen molar-refractivity contribution in [1.82, 2.24) is 15.0 Å². The lowest BCUT2D eigenvalue weighted by molar-refractivity contribution is 0.768. The molecule has 1 aromatic carbocycles. The first-order valence-corrected chi connectivity index (χ1v) is 5.42. The molecule has 0 saturated carbocycles. The van der Waals surface area contributed by atoms with Crippen molar-refractivity contribution in [3.63, 3.8) is 0 Å². The third kappa shape index (κ3) is 1.97. The molecule has 0 spiro atoms. The first-order valence-electron chi connectivity index (χ1n) is 5.42. The van der Waals surface area contributed by atoms with E-state index in [1.165, 1.54) is 5.56 Å². The predicted octanol–water partition coefficient (Wildman–Crippen LogP) is 1.85. The highest BCUT2D eigenvalue weighted by molar-refractivity contribution is 5.44. The smallest absolute Gasteiger partial charge is 0.0701 e. The Hall–Kier alpha value is -1.68. The molecule has 1 heterocycles. The van der Waals surface area contributed by atoms with Gasteiger partial charge in [-0.25, -0.2) is 4.68 Å². The summed E-state index contributed by atoms with van der Waals surface area (Å²) in [5.74, 6) is 0.450. The molecule has 0 bridgehead atoms. The Morgan fingerprint density at radius 1 is 1.38 bits per heavy atom. The van der Waals surface area contributed by atoms with Crippen molar-refractivity contribution in [3.05, 3.63) is 41.7 Å². The molecule has 84 valence electrons. The van der Waals surface area contributed by atoms with Crippen LogP contribution in [0.15, 0.2) is 30.6 Å². The molecule has 0 amide bonds. The molecule has 2 aromatic rings. The van der Waals surface area contributed by atoms with Crippen LogP contribution in [0.4, 0.5) is 0 Å². The van der Waals surface area contributed by atoms with Gasteiger partial charge in [0.05, 0.1) is 18.1 Å². The van der Waals surface area contributed by atoms with E-state index in [0.29, 0.717) is 12.5 Å². The predicted molar refractivity (Wildman–Crippen MR) is 63.3 cm³/mol. The van der Waals surface area contributed by atoms with Gasteiger partial charge in [0.1, 0.15) is 0 Å². The fourth-order valence-corrected chi connectivity index (χ4v) is 1.74. The molecule has 0 aliphatic carbocycles. The zero-order valence-electron chi connectivity index (χ0n) is 9.59. The van der Waals surface area contributed by atoms with E-state index in [1.807, 2.05) is 6.20 Å². The second kappa shape index (κ2) is 4.45. The van der Waals surface area contributed by atoms with Crippen LogP contribution in [0, 0.1) is 0 Å². The zero-order chi connectivity index (χ0) is 11.5. The van der Waals surface area contributed by atoms with Gasteiger partial charge in [-0.3, -0.25) is 0 Å². The molecule has 0 radical (unpaired) electrons. The van der Waals surface area contributed by atoms with Gasteiger partial charge >= 0.3 is 0 Å². The molecule has 0 aliphatic rings. The molecule has 0 unspecified atom stereocenters. The normalized spacial score (nSPS) is 11.0. The van der Waals surface area contributed by atoms with Crippen molar-refractivity contribution in [2.45, 2.75) is 26.3 Å². The molecule has 4 nitrogen and oxygen atoms in total. The van der Waals surface area contributed by atoms with Crippen LogP contribution >= 0.6 is 0 Å². The Morgan fingerprint density at radius 3 is 2.75 bits per heavy atom. The maximum Gasteiger partial charge on any atom is 0.0701 e. The lowest BCUT2D eigenvalue weighted by Gasteiger charge is -2.13. The highest BCUT2D eigenvalue weighted by Crippen LogP contribution is 2.23. The fraction of sp³-hybridized carbons (Fsp3) is 0.333. The zero-order valence-corrected chi connectivity index (χ0v) is 9.59. The summed E-state index contributed by atoms with van der Waals surface area (Å²) in [6.07, 6.45) is 3.53. The molecule has 2 rings (SSSR count). The Kier molecular flexibility index (Phi) is 3.01. The molecule has 1 aromatic heterocycles. The van der Waals surface area contributed by atoms with Crippen LogP contribution < -0.4 is 5.73 Å². The van der Waals surface area contributed by atoms with Gasteiger partial charge in [-0.15, -0.1) is 5.10 Å². The number of rotatable bonds is 3. The molecule has 0 atom stereocenters. The molecular formula is C12H16N4. The Bertz CT molecular complexity index is 460. The summed E-state index contributed by atoms with van der Waals surface area (Å²) in [5, 5.41) is 7.87. The highest BCUT2D eigenvalue weighted by atomic mass is 15.4. The van der Waals surface area contributed by atoms with Crippen LogP contribution in [0.25, 0.3) is 5.69 Å². The van der Waals surface area contributed by atoms with E-state index in [2.05, 4.69) is 42.4 Å². The van der Waals surface area contributed by atoms with E-state index in [0.717, 1.165) is 11.3 Å². The molecule has 0 aliphatic heterocycles. The van der Waals surface area contributed by atoms with E-state index in [-0.39, 0.29) is 0 Å². The van der Waals surface area contributed by atoms with Gasteiger partial charge in [0.2, 0.25) is 0 Å². The molecule has 4 heteroatoms. The van der Waals surface area contributed by atoms with Gasteiger partial charge in [0.25, 0.3) is 0 Å². The van der Waals surface area contributed by atoms with Crippen molar-refractivity contribution >= 4 is 0 Å². The average Bonchev–Trinajstić information content (AvgIpc) is 2.81. The third-order valence-corrected chi connectivity index (χ3v) is 2.62. The molecule has 2 N–H and O–H groups in total. The lowest BCUT2D eigenvalue weighted by atomic mass is 9.99. The van der Waals surface area contributed by atoms with Gasteiger partial charge in [-0.1, -0.05) is 31.2 Å². The quantitative estimate of drug-likeness (QED) is 0.851. The summed E-state index contributed by atoms with van der Waals surface area (Å²) in [6.45, 7) is 4.87.